The van der Waals surface area contributed by atoms with Crippen molar-refractivity contribution in [3.63, 3.8) is 0 Å². The van der Waals surface area contributed by atoms with Crippen molar-refractivity contribution < 1.29 is 14.3 Å². The lowest BCUT2D eigenvalue weighted by Crippen LogP contribution is -2.53. The van der Waals surface area contributed by atoms with E-state index in [-0.39, 0.29) is 25.0 Å². The predicted octanol–water partition coefficient (Wildman–Crippen LogP) is 5.01. The van der Waals surface area contributed by atoms with Crippen LogP contribution in [0.15, 0.2) is 42.5 Å². The highest BCUT2D eigenvalue weighted by molar-refractivity contribution is 6.31. The Hall–Kier alpha value is -2.24. The average molecular weight is 451 g/mol. The molecule has 0 aliphatic carbocycles. The van der Waals surface area contributed by atoms with Crippen molar-refractivity contribution >= 4 is 35.0 Å². The number of hydrogen-bond acceptors (Lipinski definition) is 3. The van der Waals surface area contributed by atoms with Crippen LogP contribution in [0, 0.1) is 6.92 Å². The zero-order valence-corrected chi connectivity index (χ0v) is 19.5. The van der Waals surface area contributed by atoms with Crippen LogP contribution in [-0.4, -0.2) is 34.9 Å². The van der Waals surface area contributed by atoms with Crippen LogP contribution < -0.4 is 10.1 Å². The van der Waals surface area contributed by atoms with E-state index in [1.807, 2.05) is 39.8 Å². The molecule has 0 aliphatic rings. The quantitative estimate of drug-likeness (QED) is 0.644. The van der Waals surface area contributed by atoms with Crippen LogP contribution in [0.5, 0.6) is 5.75 Å². The van der Waals surface area contributed by atoms with Gasteiger partial charge in [-0.15, -0.1) is 0 Å². The van der Waals surface area contributed by atoms with Gasteiger partial charge in [-0.25, -0.2) is 0 Å². The fourth-order valence-electron chi connectivity index (χ4n) is 2.82. The summed E-state index contributed by atoms with van der Waals surface area (Å²) in [7, 11) is 0. The van der Waals surface area contributed by atoms with Crippen LogP contribution in [0.4, 0.5) is 0 Å². The molecule has 2 rings (SSSR count). The van der Waals surface area contributed by atoms with Crippen LogP contribution >= 0.6 is 23.2 Å². The van der Waals surface area contributed by atoms with E-state index in [1.165, 1.54) is 4.90 Å². The van der Waals surface area contributed by atoms with Crippen molar-refractivity contribution in [2.45, 2.75) is 52.7 Å². The van der Waals surface area contributed by atoms with Gasteiger partial charge in [0, 0.05) is 22.1 Å². The van der Waals surface area contributed by atoms with Gasteiger partial charge in [-0.3, -0.25) is 9.59 Å². The van der Waals surface area contributed by atoms with Crippen LogP contribution in [-0.2, 0) is 16.1 Å². The molecule has 0 fully saturated rings. The maximum absolute atomic E-state index is 13.0. The van der Waals surface area contributed by atoms with Crippen LogP contribution in [0.2, 0.25) is 10.0 Å². The molecule has 0 radical (unpaired) electrons. The molecule has 0 spiro atoms. The summed E-state index contributed by atoms with van der Waals surface area (Å²) in [6.07, 6.45) is 0. The van der Waals surface area contributed by atoms with Crippen molar-refractivity contribution in [3.8, 4) is 5.75 Å². The Balaban J connectivity index is 2.18. The summed E-state index contributed by atoms with van der Waals surface area (Å²) in [4.78, 5) is 27.3. The third kappa shape index (κ3) is 7.22. The van der Waals surface area contributed by atoms with Gasteiger partial charge < -0.3 is 15.0 Å². The zero-order chi connectivity index (χ0) is 22.5. The van der Waals surface area contributed by atoms with Crippen LogP contribution in [0.3, 0.4) is 0 Å². The molecule has 0 aliphatic heterocycles. The number of nitrogens with one attached hydrogen (secondary N) is 1. The first-order valence-electron chi connectivity index (χ1n) is 9.71. The number of amides is 2. The number of benzene rings is 2. The summed E-state index contributed by atoms with van der Waals surface area (Å²) in [6.45, 7) is 9.29. The summed E-state index contributed by atoms with van der Waals surface area (Å²) < 4.78 is 5.67. The SMILES string of the molecule is Cc1cc(OCC(=O)N(Cc2cccc(Cl)c2)[C@@H](C)C(=O)NC(C)(C)C)ccc1Cl. The van der Waals surface area contributed by atoms with Crippen LogP contribution in [0.25, 0.3) is 0 Å². The van der Waals surface area contributed by atoms with Gasteiger partial charge in [0.1, 0.15) is 11.8 Å². The molecule has 2 aromatic carbocycles. The lowest BCUT2D eigenvalue weighted by molar-refractivity contribution is -0.142. The van der Waals surface area contributed by atoms with Crippen LogP contribution in [0.1, 0.15) is 38.8 Å². The molecule has 1 N–H and O–H groups in total. The molecule has 162 valence electrons. The molecule has 0 unspecified atom stereocenters. The first-order valence-corrected chi connectivity index (χ1v) is 10.5. The Kier molecular flexibility index (Phi) is 8.16. The number of carbonyl (C=O) groups is 2. The highest BCUT2D eigenvalue weighted by atomic mass is 35.5. The van der Waals surface area contributed by atoms with Crippen molar-refractivity contribution in [2.75, 3.05) is 6.61 Å². The van der Waals surface area contributed by atoms with Gasteiger partial charge in [-0.1, -0.05) is 35.3 Å². The molecule has 7 heteroatoms. The monoisotopic (exact) mass is 450 g/mol. The van der Waals surface area contributed by atoms with E-state index in [9.17, 15) is 9.59 Å². The normalized spacial score (nSPS) is 12.2. The Morgan fingerprint density at radius 2 is 1.83 bits per heavy atom. The lowest BCUT2D eigenvalue weighted by atomic mass is 10.1. The van der Waals surface area contributed by atoms with Gasteiger partial charge in [0.15, 0.2) is 6.61 Å². The third-order valence-corrected chi connectivity index (χ3v) is 5.06. The zero-order valence-electron chi connectivity index (χ0n) is 18.0. The Morgan fingerprint density at radius 3 is 2.43 bits per heavy atom. The second-order valence-electron chi connectivity index (χ2n) is 8.27. The van der Waals surface area contributed by atoms with E-state index in [0.29, 0.717) is 15.8 Å². The second-order valence-corrected chi connectivity index (χ2v) is 9.11. The number of carbonyl (C=O) groups excluding carboxylic acids is 2. The molecule has 0 heterocycles. The summed E-state index contributed by atoms with van der Waals surface area (Å²) in [5.74, 6) is -0.000829. The number of hydrogen-bond donors (Lipinski definition) is 1. The minimum absolute atomic E-state index is 0.200. The van der Waals surface area contributed by atoms with E-state index in [1.54, 1.807) is 37.3 Å². The van der Waals surface area contributed by atoms with Crippen molar-refractivity contribution in [2.24, 2.45) is 0 Å². The van der Waals surface area contributed by atoms with Gasteiger partial charge in [0.2, 0.25) is 5.91 Å². The average Bonchev–Trinajstić information content (AvgIpc) is 2.65. The van der Waals surface area contributed by atoms with Gasteiger partial charge in [-0.2, -0.15) is 0 Å². The summed E-state index contributed by atoms with van der Waals surface area (Å²) >= 11 is 12.1. The summed E-state index contributed by atoms with van der Waals surface area (Å²) in [5.41, 5.74) is 1.27. The predicted molar refractivity (Wildman–Crippen MR) is 121 cm³/mol. The van der Waals surface area contributed by atoms with Gasteiger partial charge >= 0.3 is 0 Å². The van der Waals surface area contributed by atoms with E-state index < -0.39 is 11.6 Å². The molecule has 1 atom stereocenters. The summed E-state index contributed by atoms with van der Waals surface area (Å²) in [6, 6.07) is 11.7. The molecule has 2 amide bonds. The van der Waals surface area contributed by atoms with Crippen molar-refractivity contribution in [3.05, 3.63) is 63.6 Å². The van der Waals surface area contributed by atoms with Crippen molar-refractivity contribution in [1.29, 1.82) is 0 Å². The minimum Gasteiger partial charge on any atom is -0.484 e. The Morgan fingerprint density at radius 1 is 1.13 bits per heavy atom. The molecule has 30 heavy (non-hydrogen) atoms. The van der Waals surface area contributed by atoms with E-state index in [4.69, 9.17) is 27.9 Å². The minimum atomic E-state index is -0.689. The topological polar surface area (TPSA) is 58.6 Å². The smallest absolute Gasteiger partial charge is 0.261 e. The third-order valence-electron chi connectivity index (χ3n) is 4.40. The highest BCUT2D eigenvalue weighted by Crippen LogP contribution is 2.21. The molecular formula is C23H28Cl2N2O3. The summed E-state index contributed by atoms with van der Waals surface area (Å²) in [5, 5.41) is 4.12. The van der Waals surface area contributed by atoms with E-state index in [2.05, 4.69) is 5.32 Å². The Bertz CT molecular complexity index is 910. The molecule has 5 nitrogen and oxygen atoms in total. The van der Waals surface area contributed by atoms with Gasteiger partial charge in [0.05, 0.1) is 0 Å². The maximum Gasteiger partial charge on any atom is 0.261 e. The lowest BCUT2D eigenvalue weighted by Gasteiger charge is -2.31. The number of ether oxygens (including phenoxy) is 1. The second kappa shape index (κ2) is 10.2. The van der Waals surface area contributed by atoms with E-state index in [0.717, 1.165) is 11.1 Å². The highest BCUT2D eigenvalue weighted by Gasteiger charge is 2.28. The first kappa shape index (κ1) is 24.0. The van der Waals surface area contributed by atoms with E-state index >= 15 is 0 Å². The van der Waals surface area contributed by atoms with Gasteiger partial charge in [0.25, 0.3) is 5.91 Å². The molecule has 0 saturated carbocycles. The molecule has 0 aromatic heterocycles. The fourth-order valence-corrected chi connectivity index (χ4v) is 3.15. The number of halogens is 2. The van der Waals surface area contributed by atoms with Crippen molar-refractivity contribution in [1.82, 2.24) is 10.2 Å². The maximum atomic E-state index is 13.0. The number of aryl methyl sites for hydroxylation is 1. The molecular weight excluding hydrogens is 423 g/mol. The van der Waals surface area contributed by atoms with Gasteiger partial charge in [-0.05, 0) is 76.1 Å². The first-order chi connectivity index (χ1) is 14.0. The molecule has 0 saturated heterocycles. The molecule has 0 bridgehead atoms. The number of nitrogens with zero attached hydrogens (tertiary/aromatic N) is 1. The molecule has 2 aromatic rings. The number of rotatable bonds is 7. The largest absolute Gasteiger partial charge is 0.484 e. The standard InChI is InChI=1S/C23H28Cl2N2O3/c1-15-11-19(9-10-20(15)25)30-14-21(28)27(13-17-7-6-8-18(24)12-17)16(2)22(29)26-23(3,4)5/h6-12,16H,13-14H2,1-5H3,(H,26,29)/t16-/m0/s1. The Labute approximate surface area is 188 Å². The fraction of sp³-hybridized carbons (Fsp3) is 0.391.